The van der Waals surface area contributed by atoms with E-state index in [9.17, 15) is 14.0 Å². The zero-order chi connectivity index (χ0) is 15.8. The summed E-state index contributed by atoms with van der Waals surface area (Å²) >= 11 is 0. The minimum Gasteiger partial charge on any atom is -0.347 e. The highest BCUT2D eigenvalue weighted by atomic mass is 19.1. The third-order valence-corrected chi connectivity index (χ3v) is 3.53. The monoisotopic (exact) mass is 308 g/mol. The third-order valence-electron chi connectivity index (χ3n) is 3.53. The molecule has 0 aliphatic carbocycles. The van der Waals surface area contributed by atoms with Crippen molar-refractivity contribution in [3.63, 3.8) is 0 Å². The highest BCUT2D eigenvalue weighted by Crippen LogP contribution is 2.05. The molecule has 1 fully saturated rings. The molecule has 0 saturated carbocycles. The van der Waals surface area contributed by atoms with Gasteiger partial charge in [-0.15, -0.1) is 0 Å². The van der Waals surface area contributed by atoms with E-state index in [2.05, 4.69) is 20.9 Å². The Morgan fingerprint density at radius 1 is 1.14 bits per heavy atom. The van der Waals surface area contributed by atoms with E-state index in [0.717, 1.165) is 26.2 Å². The van der Waals surface area contributed by atoms with Crippen molar-refractivity contribution in [1.29, 1.82) is 0 Å². The van der Waals surface area contributed by atoms with Crippen molar-refractivity contribution in [3.05, 3.63) is 35.6 Å². The van der Waals surface area contributed by atoms with E-state index in [-0.39, 0.29) is 6.54 Å². The van der Waals surface area contributed by atoms with Crippen LogP contribution < -0.4 is 16.0 Å². The summed E-state index contributed by atoms with van der Waals surface area (Å²) in [5.74, 6) is -1.84. The van der Waals surface area contributed by atoms with Crippen LogP contribution in [0.3, 0.4) is 0 Å². The van der Waals surface area contributed by atoms with Crippen LogP contribution in [0.15, 0.2) is 24.3 Å². The Morgan fingerprint density at radius 3 is 2.55 bits per heavy atom. The second-order valence-corrected chi connectivity index (χ2v) is 5.12. The zero-order valence-electron chi connectivity index (χ0n) is 12.4. The smallest absolute Gasteiger partial charge is 0.309 e. The van der Waals surface area contributed by atoms with Crippen LogP contribution in [-0.4, -0.2) is 56.0 Å². The Morgan fingerprint density at radius 2 is 1.82 bits per heavy atom. The van der Waals surface area contributed by atoms with Gasteiger partial charge in [0.25, 0.3) is 0 Å². The molecule has 6 nitrogen and oxygen atoms in total. The molecule has 22 heavy (non-hydrogen) atoms. The van der Waals surface area contributed by atoms with Crippen molar-refractivity contribution in [3.8, 4) is 0 Å². The molecule has 1 heterocycles. The quantitative estimate of drug-likeness (QED) is 0.639. The fourth-order valence-electron chi connectivity index (χ4n) is 2.24. The molecular formula is C15H21FN4O2. The van der Waals surface area contributed by atoms with Crippen LogP contribution in [-0.2, 0) is 16.1 Å². The van der Waals surface area contributed by atoms with Crippen LogP contribution in [0.1, 0.15) is 5.56 Å². The zero-order valence-corrected chi connectivity index (χ0v) is 12.4. The van der Waals surface area contributed by atoms with Crippen LogP contribution in [0, 0.1) is 5.82 Å². The number of benzene rings is 1. The van der Waals surface area contributed by atoms with E-state index >= 15 is 0 Å². The molecule has 1 aromatic rings. The van der Waals surface area contributed by atoms with E-state index < -0.39 is 17.6 Å². The topological polar surface area (TPSA) is 73.5 Å². The van der Waals surface area contributed by atoms with Gasteiger partial charge in [0, 0.05) is 51.4 Å². The van der Waals surface area contributed by atoms with Crippen LogP contribution >= 0.6 is 0 Å². The fourth-order valence-corrected chi connectivity index (χ4v) is 2.24. The Labute approximate surface area is 129 Å². The average Bonchev–Trinajstić information content (AvgIpc) is 2.54. The maximum atomic E-state index is 13.4. The molecule has 2 amide bonds. The number of carbonyl (C=O) groups excluding carboxylic acids is 2. The van der Waals surface area contributed by atoms with Crippen molar-refractivity contribution in [1.82, 2.24) is 20.9 Å². The number of hydrogen-bond donors (Lipinski definition) is 3. The van der Waals surface area contributed by atoms with Gasteiger partial charge in [-0.05, 0) is 6.07 Å². The van der Waals surface area contributed by atoms with Crippen molar-refractivity contribution in [2.24, 2.45) is 0 Å². The van der Waals surface area contributed by atoms with Crippen LogP contribution in [0.4, 0.5) is 4.39 Å². The lowest BCUT2D eigenvalue weighted by Gasteiger charge is -2.26. The SMILES string of the molecule is O=C(NCCN1CCNCC1)C(=O)NCc1ccccc1F. The summed E-state index contributed by atoms with van der Waals surface area (Å²) < 4.78 is 13.4. The summed E-state index contributed by atoms with van der Waals surface area (Å²) in [5, 5.41) is 8.23. The first-order chi connectivity index (χ1) is 10.7. The van der Waals surface area contributed by atoms with Crippen LogP contribution in [0.25, 0.3) is 0 Å². The van der Waals surface area contributed by atoms with Gasteiger partial charge in [0.1, 0.15) is 5.82 Å². The van der Waals surface area contributed by atoms with Crippen molar-refractivity contribution >= 4 is 11.8 Å². The highest BCUT2D eigenvalue weighted by Gasteiger charge is 2.14. The molecule has 0 spiro atoms. The summed E-state index contributed by atoms with van der Waals surface area (Å²) in [6.07, 6.45) is 0. The predicted molar refractivity (Wildman–Crippen MR) is 80.6 cm³/mol. The molecule has 2 rings (SSSR count). The first kappa shape index (κ1) is 16.4. The molecule has 1 aliphatic heterocycles. The van der Waals surface area contributed by atoms with Gasteiger partial charge in [-0.1, -0.05) is 18.2 Å². The van der Waals surface area contributed by atoms with Crippen LogP contribution in [0.5, 0.6) is 0 Å². The number of nitrogens with zero attached hydrogens (tertiary/aromatic N) is 1. The Hall–Kier alpha value is -1.99. The first-order valence-electron chi connectivity index (χ1n) is 7.39. The van der Waals surface area contributed by atoms with Crippen LogP contribution in [0.2, 0.25) is 0 Å². The molecule has 1 aliphatic rings. The van der Waals surface area contributed by atoms with Gasteiger partial charge >= 0.3 is 11.8 Å². The lowest BCUT2D eigenvalue weighted by atomic mass is 10.2. The molecule has 0 unspecified atom stereocenters. The Bertz CT molecular complexity index is 518. The minimum absolute atomic E-state index is 0.00325. The van der Waals surface area contributed by atoms with E-state index in [4.69, 9.17) is 0 Å². The van der Waals surface area contributed by atoms with E-state index in [0.29, 0.717) is 18.7 Å². The Kier molecular flexibility index (Phi) is 6.29. The molecule has 0 atom stereocenters. The number of nitrogens with one attached hydrogen (secondary N) is 3. The van der Waals surface area contributed by atoms with Gasteiger partial charge < -0.3 is 16.0 Å². The lowest BCUT2D eigenvalue weighted by molar-refractivity contribution is -0.139. The number of hydrogen-bond acceptors (Lipinski definition) is 4. The van der Waals surface area contributed by atoms with Crippen molar-refractivity contribution in [2.45, 2.75) is 6.54 Å². The van der Waals surface area contributed by atoms with E-state index in [1.54, 1.807) is 18.2 Å². The number of halogens is 1. The minimum atomic E-state index is -0.747. The summed E-state index contributed by atoms with van der Waals surface area (Å²) in [7, 11) is 0. The number of carbonyl (C=O) groups is 2. The average molecular weight is 308 g/mol. The molecule has 120 valence electrons. The van der Waals surface area contributed by atoms with E-state index in [1.807, 2.05) is 0 Å². The molecule has 1 aromatic carbocycles. The largest absolute Gasteiger partial charge is 0.347 e. The van der Waals surface area contributed by atoms with Gasteiger partial charge in [0.15, 0.2) is 0 Å². The van der Waals surface area contributed by atoms with Gasteiger partial charge in [0.05, 0.1) is 0 Å². The normalized spacial score (nSPS) is 15.3. The standard InChI is InChI=1S/C15H21FN4O2/c16-13-4-2-1-3-12(13)11-19-15(22)14(21)18-7-10-20-8-5-17-6-9-20/h1-4,17H,5-11H2,(H,18,21)(H,19,22). The molecule has 0 radical (unpaired) electrons. The second-order valence-electron chi connectivity index (χ2n) is 5.12. The van der Waals surface area contributed by atoms with Gasteiger partial charge in [-0.25, -0.2) is 4.39 Å². The second kappa shape index (κ2) is 8.45. The summed E-state index contributed by atoms with van der Waals surface area (Å²) in [6, 6.07) is 6.13. The molecule has 1 saturated heterocycles. The Balaban J connectivity index is 1.66. The number of rotatable bonds is 5. The van der Waals surface area contributed by atoms with Gasteiger partial charge in [-0.2, -0.15) is 0 Å². The molecule has 0 aromatic heterocycles. The number of piperazine rings is 1. The third kappa shape index (κ3) is 5.09. The molecule has 0 bridgehead atoms. The van der Waals surface area contributed by atoms with Gasteiger partial charge in [0.2, 0.25) is 0 Å². The maximum Gasteiger partial charge on any atom is 0.309 e. The fraction of sp³-hybridized carbons (Fsp3) is 0.467. The van der Waals surface area contributed by atoms with Crippen molar-refractivity contribution in [2.75, 3.05) is 39.3 Å². The molecule has 3 N–H and O–H groups in total. The van der Waals surface area contributed by atoms with E-state index in [1.165, 1.54) is 6.07 Å². The summed E-state index contributed by atoms with van der Waals surface area (Å²) in [5.41, 5.74) is 0.351. The number of amides is 2. The predicted octanol–water partition coefficient (Wildman–Crippen LogP) is -0.537. The molecule has 7 heteroatoms. The van der Waals surface area contributed by atoms with Crippen molar-refractivity contribution < 1.29 is 14.0 Å². The van der Waals surface area contributed by atoms with Gasteiger partial charge in [-0.3, -0.25) is 14.5 Å². The summed E-state index contributed by atoms with van der Waals surface area (Å²) in [4.78, 5) is 25.5. The first-order valence-corrected chi connectivity index (χ1v) is 7.39. The lowest BCUT2D eigenvalue weighted by Crippen LogP contribution is -2.47. The molecular weight excluding hydrogens is 287 g/mol. The maximum absolute atomic E-state index is 13.4. The highest BCUT2D eigenvalue weighted by molar-refractivity contribution is 6.35. The summed E-state index contributed by atoms with van der Waals surface area (Å²) in [6.45, 7) is 4.90.